The van der Waals surface area contributed by atoms with Gasteiger partial charge in [0.05, 0.1) is 0 Å². The highest BCUT2D eigenvalue weighted by Gasteiger charge is 2.03. The first-order valence-corrected chi connectivity index (χ1v) is 5.56. The van der Waals surface area contributed by atoms with E-state index in [0.717, 1.165) is 11.6 Å². The minimum Gasteiger partial charge on any atom is -0.384 e. The van der Waals surface area contributed by atoms with Gasteiger partial charge in [-0.05, 0) is 31.7 Å². The zero-order valence-electron chi connectivity index (χ0n) is 9.83. The van der Waals surface area contributed by atoms with Crippen LogP contribution in [-0.4, -0.2) is 11.0 Å². The number of hydrogen-bond donors (Lipinski definition) is 2. The molecule has 3 N–H and O–H groups in total. The van der Waals surface area contributed by atoms with Crippen molar-refractivity contribution >= 4 is 11.5 Å². The van der Waals surface area contributed by atoms with Crippen molar-refractivity contribution in [3.05, 3.63) is 18.3 Å². The van der Waals surface area contributed by atoms with Crippen LogP contribution in [0, 0.1) is 5.92 Å². The molecule has 1 unspecified atom stereocenters. The van der Waals surface area contributed by atoms with Crippen molar-refractivity contribution in [2.24, 2.45) is 5.92 Å². The molecule has 1 heterocycles. The molecule has 0 radical (unpaired) electrons. The van der Waals surface area contributed by atoms with Crippen LogP contribution in [0.4, 0.5) is 11.5 Å². The number of anilines is 2. The normalized spacial score (nSPS) is 12.8. The smallest absolute Gasteiger partial charge is 0.125 e. The van der Waals surface area contributed by atoms with Crippen molar-refractivity contribution in [1.82, 2.24) is 4.98 Å². The highest BCUT2D eigenvalue weighted by molar-refractivity contribution is 5.50. The Morgan fingerprint density at radius 2 is 2.07 bits per heavy atom. The van der Waals surface area contributed by atoms with Crippen LogP contribution in [0.1, 0.15) is 33.6 Å². The summed E-state index contributed by atoms with van der Waals surface area (Å²) in [6.45, 7) is 6.69. The number of nitrogen functional groups attached to an aromatic ring is 1. The molecule has 3 heteroatoms. The quantitative estimate of drug-likeness (QED) is 0.780. The lowest BCUT2D eigenvalue weighted by molar-refractivity contribution is 0.528. The van der Waals surface area contributed by atoms with Crippen LogP contribution in [0.2, 0.25) is 0 Å². The topological polar surface area (TPSA) is 50.9 Å². The molecule has 15 heavy (non-hydrogen) atoms. The second-order valence-electron chi connectivity index (χ2n) is 4.49. The lowest BCUT2D eigenvalue weighted by atomic mass is 10.0. The van der Waals surface area contributed by atoms with E-state index in [4.69, 9.17) is 5.73 Å². The first-order chi connectivity index (χ1) is 7.08. The predicted molar refractivity (Wildman–Crippen MR) is 65.8 cm³/mol. The highest BCUT2D eigenvalue weighted by atomic mass is 14.9. The van der Waals surface area contributed by atoms with Gasteiger partial charge in [-0.2, -0.15) is 0 Å². The number of nitrogens with zero attached hydrogens (tertiary/aromatic N) is 1. The van der Waals surface area contributed by atoms with Crippen molar-refractivity contribution in [1.29, 1.82) is 0 Å². The van der Waals surface area contributed by atoms with Gasteiger partial charge in [0.1, 0.15) is 5.82 Å². The summed E-state index contributed by atoms with van der Waals surface area (Å²) in [5, 5.41) is 3.42. The first kappa shape index (κ1) is 11.8. The molecule has 0 aliphatic rings. The molecule has 0 aliphatic heterocycles. The Bertz CT molecular complexity index is 297. The van der Waals surface area contributed by atoms with Gasteiger partial charge in [-0.15, -0.1) is 0 Å². The Kier molecular flexibility index (Phi) is 4.40. The Balaban J connectivity index is 2.40. The maximum Gasteiger partial charge on any atom is 0.125 e. The predicted octanol–water partition coefficient (Wildman–Crippen LogP) is 2.90. The van der Waals surface area contributed by atoms with E-state index < -0.39 is 0 Å². The van der Waals surface area contributed by atoms with Crippen LogP contribution in [0.25, 0.3) is 0 Å². The summed E-state index contributed by atoms with van der Waals surface area (Å²) in [7, 11) is 0. The number of nitrogens with one attached hydrogen (secondary N) is 1. The number of nitrogens with two attached hydrogens (primary N) is 1. The number of rotatable bonds is 5. The maximum atomic E-state index is 5.61. The molecular weight excluding hydrogens is 186 g/mol. The standard InChI is InChI=1S/C12H21N3/c1-9(2)4-5-10(3)15-11-6-7-14-12(13)8-11/h6-10H,4-5H2,1-3H3,(H3,13,14,15). The number of hydrogen-bond acceptors (Lipinski definition) is 3. The third-order valence-corrected chi connectivity index (χ3v) is 2.37. The summed E-state index contributed by atoms with van der Waals surface area (Å²) in [5.41, 5.74) is 6.66. The molecule has 84 valence electrons. The lowest BCUT2D eigenvalue weighted by Gasteiger charge is -2.16. The molecule has 1 aromatic heterocycles. The number of pyridine rings is 1. The highest BCUT2D eigenvalue weighted by Crippen LogP contribution is 2.14. The van der Waals surface area contributed by atoms with E-state index in [1.165, 1.54) is 12.8 Å². The van der Waals surface area contributed by atoms with Gasteiger partial charge >= 0.3 is 0 Å². The molecule has 0 amide bonds. The van der Waals surface area contributed by atoms with Gasteiger partial charge in [0.25, 0.3) is 0 Å². The molecule has 0 aliphatic carbocycles. The molecule has 0 aromatic carbocycles. The molecule has 0 saturated heterocycles. The van der Waals surface area contributed by atoms with E-state index in [-0.39, 0.29) is 0 Å². The Morgan fingerprint density at radius 3 is 2.67 bits per heavy atom. The Morgan fingerprint density at radius 1 is 1.33 bits per heavy atom. The third-order valence-electron chi connectivity index (χ3n) is 2.37. The van der Waals surface area contributed by atoms with Crippen LogP contribution < -0.4 is 11.1 Å². The van der Waals surface area contributed by atoms with Gasteiger partial charge in [0.15, 0.2) is 0 Å². The second-order valence-corrected chi connectivity index (χ2v) is 4.49. The van der Waals surface area contributed by atoms with Crippen molar-refractivity contribution in [3.8, 4) is 0 Å². The maximum absolute atomic E-state index is 5.61. The van der Waals surface area contributed by atoms with Gasteiger partial charge in [0.2, 0.25) is 0 Å². The van der Waals surface area contributed by atoms with Crippen molar-refractivity contribution in [2.75, 3.05) is 11.1 Å². The molecule has 1 rings (SSSR count). The van der Waals surface area contributed by atoms with E-state index >= 15 is 0 Å². The van der Waals surface area contributed by atoms with Gasteiger partial charge in [-0.1, -0.05) is 13.8 Å². The van der Waals surface area contributed by atoms with Gasteiger partial charge in [-0.3, -0.25) is 0 Å². The Labute approximate surface area is 92.1 Å². The molecule has 0 saturated carbocycles. The molecular formula is C12H21N3. The monoisotopic (exact) mass is 207 g/mol. The van der Waals surface area contributed by atoms with E-state index in [9.17, 15) is 0 Å². The van der Waals surface area contributed by atoms with Crippen LogP contribution >= 0.6 is 0 Å². The minimum atomic E-state index is 0.481. The summed E-state index contributed by atoms with van der Waals surface area (Å²) in [6, 6.07) is 4.29. The second kappa shape index (κ2) is 5.59. The molecule has 1 atom stereocenters. The largest absolute Gasteiger partial charge is 0.384 e. The average molecular weight is 207 g/mol. The SMILES string of the molecule is CC(C)CCC(C)Nc1ccnc(N)c1. The first-order valence-electron chi connectivity index (χ1n) is 5.56. The molecule has 3 nitrogen and oxygen atoms in total. The summed E-state index contributed by atoms with van der Waals surface area (Å²) in [6.07, 6.45) is 4.15. The zero-order valence-corrected chi connectivity index (χ0v) is 9.83. The fourth-order valence-electron chi connectivity index (χ4n) is 1.48. The van der Waals surface area contributed by atoms with Gasteiger partial charge in [0, 0.05) is 24.0 Å². The molecule has 0 bridgehead atoms. The van der Waals surface area contributed by atoms with Crippen LogP contribution in [0.15, 0.2) is 18.3 Å². The summed E-state index contributed by atoms with van der Waals surface area (Å²) in [4.78, 5) is 3.96. The number of aromatic nitrogens is 1. The molecule has 0 spiro atoms. The van der Waals surface area contributed by atoms with Crippen molar-refractivity contribution < 1.29 is 0 Å². The average Bonchev–Trinajstić information content (AvgIpc) is 2.15. The van der Waals surface area contributed by atoms with Crippen LogP contribution in [0.3, 0.4) is 0 Å². The minimum absolute atomic E-state index is 0.481. The Hall–Kier alpha value is -1.25. The summed E-state index contributed by atoms with van der Waals surface area (Å²) >= 11 is 0. The zero-order chi connectivity index (χ0) is 11.3. The van der Waals surface area contributed by atoms with Crippen molar-refractivity contribution in [3.63, 3.8) is 0 Å². The van der Waals surface area contributed by atoms with E-state index in [2.05, 4.69) is 31.1 Å². The van der Waals surface area contributed by atoms with E-state index in [0.29, 0.717) is 11.9 Å². The van der Waals surface area contributed by atoms with Crippen molar-refractivity contribution in [2.45, 2.75) is 39.7 Å². The third kappa shape index (κ3) is 4.68. The fraction of sp³-hybridized carbons (Fsp3) is 0.583. The molecule has 1 aromatic rings. The van der Waals surface area contributed by atoms with Gasteiger partial charge < -0.3 is 11.1 Å². The lowest BCUT2D eigenvalue weighted by Crippen LogP contribution is -2.15. The van der Waals surface area contributed by atoms with Crippen LogP contribution in [-0.2, 0) is 0 Å². The van der Waals surface area contributed by atoms with E-state index in [1.807, 2.05) is 12.1 Å². The fourth-order valence-corrected chi connectivity index (χ4v) is 1.48. The summed E-state index contributed by atoms with van der Waals surface area (Å²) in [5.74, 6) is 1.33. The van der Waals surface area contributed by atoms with E-state index in [1.54, 1.807) is 6.20 Å². The van der Waals surface area contributed by atoms with Gasteiger partial charge in [-0.25, -0.2) is 4.98 Å². The molecule has 0 fully saturated rings. The van der Waals surface area contributed by atoms with Crippen LogP contribution in [0.5, 0.6) is 0 Å². The summed E-state index contributed by atoms with van der Waals surface area (Å²) < 4.78 is 0.